The summed E-state index contributed by atoms with van der Waals surface area (Å²) in [5, 5.41) is 4.46. The molecular weight excluding hydrogens is 338 g/mol. The Morgan fingerprint density at radius 2 is 1.65 bits per heavy atom. The van der Waals surface area contributed by atoms with Crippen LogP contribution in [0.25, 0.3) is 21.7 Å². The lowest BCUT2D eigenvalue weighted by Crippen LogP contribution is -2.10. The number of hydrogen-bond donors (Lipinski definition) is 1. The molecule has 3 rings (SSSR count). The van der Waals surface area contributed by atoms with Crippen molar-refractivity contribution >= 4 is 16.5 Å². The number of benzene rings is 1. The van der Waals surface area contributed by atoms with Crippen molar-refractivity contribution in [3.63, 3.8) is 0 Å². The molecule has 2 aromatic heterocycles. The maximum absolute atomic E-state index is 4.91. The van der Waals surface area contributed by atoms with Crippen molar-refractivity contribution in [3.8, 4) is 21.7 Å². The average Bonchev–Trinajstić information content (AvgIpc) is 3.06. The van der Waals surface area contributed by atoms with E-state index >= 15 is 0 Å². The van der Waals surface area contributed by atoms with Crippen LogP contribution >= 0.6 is 11.3 Å². The van der Waals surface area contributed by atoms with Crippen LogP contribution in [0.5, 0.6) is 0 Å². The van der Waals surface area contributed by atoms with E-state index in [1.165, 1.54) is 16.9 Å². The molecule has 0 saturated heterocycles. The topological polar surface area (TPSA) is 37.8 Å². The van der Waals surface area contributed by atoms with Gasteiger partial charge in [-0.3, -0.25) is 4.98 Å². The van der Waals surface area contributed by atoms with Gasteiger partial charge in [-0.05, 0) is 35.1 Å². The summed E-state index contributed by atoms with van der Waals surface area (Å²) in [6, 6.07) is 12.9. The van der Waals surface area contributed by atoms with E-state index in [1.807, 2.05) is 12.4 Å². The first-order valence-corrected chi connectivity index (χ1v) is 10.1. The monoisotopic (exact) mass is 365 g/mol. The lowest BCUT2D eigenvalue weighted by atomic mass is 9.86. The van der Waals surface area contributed by atoms with Gasteiger partial charge in [0.2, 0.25) is 0 Å². The number of hydrogen-bond acceptors (Lipinski definition) is 4. The van der Waals surface area contributed by atoms with Crippen LogP contribution in [0.2, 0.25) is 0 Å². The van der Waals surface area contributed by atoms with Crippen LogP contribution in [-0.2, 0) is 5.41 Å². The second-order valence-corrected chi connectivity index (χ2v) is 8.54. The molecule has 0 amide bonds. The van der Waals surface area contributed by atoms with Crippen molar-refractivity contribution in [2.75, 3.05) is 11.9 Å². The summed E-state index contributed by atoms with van der Waals surface area (Å²) in [5.74, 6) is 0. The highest BCUT2D eigenvalue weighted by atomic mass is 32.1. The van der Waals surface area contributed by atoms with Crippen LogP contribution in [-0.4, -0.2) is 16.5 Å². The van der Waals surface area contributed by atoms with E-state index in [9.17, 15) is 0 Å². The van der Waals surface area contributed by atoms with Crippen LogP contribution < -0.4 is 5.32 Å². The summed E-state index contributed by atoms with van der Waals surface area (Å²) in [6.07, 6.45) is 6.01. The molecule has 0 aliphatic heterocycles. The fourth-order valence-corrected chi connectivity index (χ4v) is 3.81. The Bertz CT molecular complexity index is 830. The molecule has 0 bridgehead atoms. The van der Waals surface area contributed by atoms with Gasteiger partial charge >= 0.3 is 0 Å². The third kappa shape index (κ3) is 4.31. The minimum Gasteiger partial charge on any atom is -0.361 e. The minimum absolute atomic E-state index is 0.154. The summed E-state index contributed by atoms with van der Waals surface area (Å²) in [7, 11) is 0. The number of unbranched alkanes of at least 4 members (excludes halogenated alkanes) is 1. The lowest BCUT2D eigenvalue weighted by molar-refractivity contribution is 0.590. The third-order valence-corrected chi connectivity index (χ3v) is 5.46. The van der Waals surface area contributed by atoms with Crippen LogP contribution in [0.3, 0.4) is 0 Å². The van der Waals surface area contributed by atoms with E-state index in [0.29, 0.717) is 0 Å². The zero-order valence-electron chi connectivity index (χ0n) is 16.0. The predicted molar refractivity (Wildman–Crippen MR) is 113 cm³/mol. The maximum atomic E-state index is 4.91. The zero-order valence-corrected chi connectivity index (χ0v) is 16.9. The summed E-state index contributed by atoms with van der Waals surface area (Å²) in [6.45, 7) is 9.88. The number of pyridine rings is 1. The van der Waals surface area contributed by atoms with Gasteiger partial charge in [-0.1, -0.05) is 69.7 Å². The van der Waals surface area contributed by atoms with E-state index < -0.39 is 0 Å². The highest BCUT2D eigenvalue weighted by molar-refractivity contribution is 7.19. The van der Waals surface area contributed by atoms with Crippen LogP contribution in [0, 0.1) is 0 Å². The summed E-state index contributed by atoms with van der Waals surface area (Å²) in [4.78, 5) is 10.2. The quantitative estimate of drug-likeness (QED) is 0.515. The van der Waals surface area contributed by atoms with Crippen molar-refractivity contribution in [1.29, 1.82) is 0 Å². The fraction of sp³-hybridized carbons (Fsp3) is 0.364. The van der Waals surface area contributed by atoms with Crippen LogP contribution in [0.15, 0.2) is 48.8 Å². The molecule has 0 radical (unpaired) electrons. The molecule has 4 heteroatoms. The number of anilines is 1. The molecule has 3 aromatic rings. The Morgan fingerprint density at radius 3 is 2.27 bits per heavy atom. The summed E-state index contributed by atoms with van der Waals surface area (Å²) in [5.41, 5.74) is 4.85. The van der Waals surface area contributed by atoms with E-state index in [0.717, 1.165) is 34.9 Å². The van der Waals surface area contributed by atoms with E-state index in [1.54, 1.807) is 11.3 Å². The average molecular weight is 366 g/mol. The SMILES string of the molecule is CCCCNc1nc(-c2ccc(C(C)(C)C)cc2)c(-c2ccncc2)s1. The first kappa shape index (κ1) is 18.6. The Labute approximate surface area is 160 Å². The largest absolute Gasteiger partial charge is 0.361 e. The van der Waals surface area contributed by atoms with Gasteiger partial charge in [-0.2, -0.15) is 0 Å². The smallest absolute Gasteiger partial charge is 0.183 e. The van der Waals surface area contributed by atoms with Gasteiger partial charge in [0.1, 0.15) is 0 Å². The molecule has 1 aromatic carbocycles. The van der Waals surface area contributed by atoms with Gasteiger partial charge in [0.15, 0.2) is 5.13 Å². The van der Waals surface area contributed by atoms with Crippen molar-refractivity contribution in [2.24, 2.45) is 0 Å². The standard InChI is InChI=1S/C22H27N3S/c1-5-6-13-24-21-25-19(20(26-21)17-11-14-23-15-12-17)16-7-9-18(10-8-16)22(2,3)4/h7-12,14-15H,5-6,13H2,1-4H3,(H,24,25). The molecule has 0 atom stereocenters. The normalized spacial score (nSPS) is 11.5. The van der Waals surface area contributed by atoms with E-state index in [4.69, 9.17) is 4.98 Å². The second-order valence-electron chi connectivity index (χ2n) is 7.54. The van der Waals surface area contributed by atoms with Gasteiger partial charge in [-0.25, -0.2) is 4.98 Å². The molecule has 2 heterocycles. The Morgan fingerprint density at radius 1 is 0.962 bits per heavy atom. The van der Waals surface area contributed by atoms with Gasteiger partial charge in [0, 0.05) is 24.5 Å². The van der Waals surface area contributed by atoms with Crippen molar-refractivity contribution in [3.05, 3.63) is 54.4 Å². The zero-order chi connectivity index (χ0) is 18.6. The molecule has 0 aliphatic rings. The van der Waals surface area contributed by atoms with E-state index in [-0.39, 0.29) is 5.41 Å². The number of rotatable bonds is 6. The number of nitrogens with zero attached hydrogens (tertiary/aromatic N) is 2. The fourth-order valence-electron chi connectivity index (χ4n) is 2.79. The second kappa shape index (κ2) is 8.00. The van der Waals surface area contributed by atoms with Gasteiger partial charge in [0.05, 0.1) is 10.6 Å². The number of nitrogens with one attached hydrogen (secondary N) is 1. The first-order valence-electron chi connectivity index (χ1n) is 9.25. The molecule has 0 aliphatic carbocycles. The van der Waals surface area contributed by atoms with Crippen molar-refractivity contribution in [1.82, 2.24) is 9.97 Å². The Hall–Kier alpha value is -2.20. The molecule has 136 valence electrons. The molecule has 3 nitrogen and oxygen atoms in total. The molecular formula is C22H27N3S. The molecule has 0 spiro atoms. The van der Waals surface area contributed by atoms with Gasteiger partial charge in [-0.15, -0.1) is 0 Å². The molecule has 26 heavy (non-hydrogen) atoms. The van der Waals surface area contributed by atoms with Gasteiger partial charge in [0.25, 0.3) is 0 Å². The predicted octanol–water partition coefficient (Wildman–Crippen LogP) is 6.38. The molecule has 0 saturated carbocycles. The number of aromatic nitrogens is 2. The first-order chi connectivity index (χ1) is 12.5. The molecule has 1 N–H and O–H groups in total. The maximum Gasteiger partial charge on any atom is 0.183 e. The van der Waals surface area contributed by atoms with E-state index in [2.05, 4.69) is 74.4 Å². The van der Waals surface area contributed by atoms with Crippen molar-refractivity contribution in [2.45, 2.75) is 46.0 Å². The van der Waals surface area contributed by atoms with Crippen LogP contribution in [0.4, 0.5) is 5.13 Å². The van der Waals surface area contributed by atoms with Gasteiger partial charge < -0.3 is 5.32 Å². The minimum atomic E-state index is 0.154. The van der Waals surface area contributed by atoms with Crippen molar-refractivity contribution < 1.29 is 0 Å². The highest BCUT2D eigenvalue weighted by Gasteiger charge is 2.17. The molecule has 0 unspecified atom stereocenters. The summed E-state index contributed by atoms with van der Waals surface area (Å²) < 4.78 is 0. The molecule has 0 fully saturated rings. The summed E-state index contributed by atoms with van der Waals surface area (Å²) >= 11 is 1.72. The Balaban J connectivity index is 1.99. The highest BCUT2D eigenvalue weighted by Crippen LogP contribution is 2.39. The third-order valence-electron chi connectivity index (χ3n) is 4.40. The number of thiazole rings is 1. The van der Waals surface area contributed by atoms with Crippen LogP contribution in [0.1, 0.15) is 46.1 Å². The lowest BCUT2D eigenvalue weighted by Gasteiger charge is -2.19. The Kier molecular flexibility index (Phi) is 5.72.